The highest BCUT2D eigenvalue weighted by Gasteiger charge is 2.40. The minimum absolute atomic E-state index is 0. The van der Waals surface area contributed by atoms with Crippen molar-refractivity contribution in [3.63, 3.8) is 0 Å². The third-order valence-electron chi connectivity index (χ3n) is 9.83. The summed E-state index contributed by atoms with van der Waals surface area (Å²) >= 11 is 0. The standard InChI is InChI=1S/C22H40N.C17H23NO3.2ClH/c1-3-4-5-6-7-8-9-10-11-12-13-14-15-16-19-23-20-17-22(2)18-21-23;1-18-13-7-8-14(18)10-15(9-13)21-17(20)16(11-19)12-5-3-2-4-6-12;;/h17-18,20-21H,3-16,19H2,1-2H3;2-6,13-16,19H,7-11H2,1H3;2*1H/q+1;;;/p-1/t;13-,14+,15?,16?;;. The van der Waals surface area contributed by atoms with E-state index in [-0.39, 0.29) is 43.5 Å². The minimum Gasteiger partial charge on any atom is -1.00 e. The molecule has 0 saturated carbocycles. The van der Waals surface area contributed by atoms with Crippen molar-refractivity contribution in [2.75, 3.05) is 13.7 Å². The number of hydrogen-bond acceptors (Lipinski definition) is 4. The van der Waals surface area contributed by atoms with Gasteiger partial charge >= 0.3 is 5.97 Å². The number of fused-ring (bicyclic) bond motifs is 2. The monoisotopic (exact) mass is 678 g/mol. The van der Waals surface area contributed by atoms with Crippen LogP contribution in [0.5, 0.6) is 0 Å². The van der Waals surface area contributed by atoms with Gasteiger partial charge in [0.25, 0.3) is 0 Å². The van der Waals surface area contributed by atoms with Crippen LogP contribution < -0.4 is 17.0 Å². The Bertz CT molecular complexity index is 1010. The van der Waals surface area contributed by atoms with E-state index in [0.29, 0.717) is 12.1 Å². The number of carbonyl (C=O) groups is 1. The van der Waals surface area contributed by atoms with Crippen molar-refractivity contribution in [2.45, 2.75) is 160 Å². The molecule has 2 unspecified atom stereocenters. The normalized spacial score (nSPS) is 19.3. The number of nitrogens with zero attached hydrogens (tertiary/aromatic N) is 2. The van der Waals surface area contributed by atoms with Crippen LogP contribution in [0, 0.1) is 6.92 Å². The lowest BCUT2D eigenvalue weighted by atomic mass is 9.98. The van der Waals surface area contributed by atoms with Crippen LogP contribution >= 0.6 is 12.4 Å². The lowest BCUT2D eigenvalue weighted by molar-refractivity contribution is -0.697. The fourth-order valence-electron chi connectivity index (χ4n) is 6.88. The van der Waals surface area contributed by atoms with E-state index in [1.165, 1.54) is 115 Å². The first-order valence-electron chi connectivity index (χ1n) is 18.1. The molecule has 7 heteroatoms. The van der Waals surface area contributed by atoms with E-state index in [9.17, 15) is 9.90 Å². The number of aliphatic hydroxyl groups is 1. The van der Waals surface area contributed by atoms with Crippen LogP contribution in [0.25, 0.3) is 0 Å². The average molecular weight is 680 g/mol. The zero-order valence-electron chi connectivity index (χ0n) is 29.1. The third kappa shape index (κ3) is 16.0. The van der Waals surface area contributed by atoms with Crippen LogP contribution in [0.2, 0.25) is 0 Å². The van der Waals surface area contributed by atoms with Gasteiger partial charge in [-0.2, -0.15) is 0 Å². The fraction of sp³-hybridized carbons (Fsp3) is 0.692. The number of aromatic nitrogens is 1. The van der Waals surface area contributed by atoms with Crippen molar-refractivity contribution in [2.24, 2.45) is 0 Å². The molecule has 46 heavy (non-hydrogen) atoms. The molecule has 1 aromatic heterocycles. The summed E-state index contributed by atoms with van der Waals surface area (Å²) in [6.45, 7) is 5.42. The minimum atomic E-state index is -0.566. The molecule has 4 atom stereocenters. The number of aryl methyl sites for hydroxylation is 2. The van der Waals surface area contributed by atoms with Gasteiger partial charge in [0, 0.05) is 30.6 Å². The molecule has 0 aliphatic carbocycles. The SMILES string of the molecule is CCCCCCCCCCCCCCCC[n+]1ccc(C)cc1.CN1[C@@H]2CC[C@H]1CC(OC(=O)C(CO)c1ccccc1)C2.Cl.[Cl-]. The fourth-order valence-corrected chi connectivity index (χ4v) is 6.88. The molecule has 3 heterocycles. The topological polar surface area (TPSA) is 53.7 Å². The average Bonchev–Trinajstić information content (AvgIpc) is 3.22. The van der Waals surface area contributed by atoms with Crippen LogP contribution in [-0.2, 0) is 16.1 Å². The molecule has 4 rings (SSSR count). The smallest absolute Gasteiger partial charge is 0.316 e. The number of halogens is 2. The summed E-state index contributed by atoms with van der Waals surface area (Å²) in [4.78, 5) is 14.8. The molecule has 262 valence electrons. The van der Waals surface area contributed by atoms with E-state index in [1.54, 1.807) is 0 Å². The highest BCUT2D eigenvalue weighted by atomic mass is 35.5. The highest BCUT2D eigenvalue weighted by Crippen LogP contribution is 2.36. The Morgan fingerprint density at radius 3 is 1.78 bits per heavy atom. The van der Waals surface area contributed by atoms with Crippen molar-refractivity contribution in [3.05, 3.63) is 66.0 Å². The van der Waals surface area contributed by atoms with Gasteiger partial charge < -0.3 is 27.2 Å². The van der Waals surface area contributed by atoms with Crippen LogP contribution in [0.1, 0.15) is 140 Å². The maximum atomic E-state index is 12.4. The first kappa shape index (κ1) is 42.4. The van der Waals surface area contributed by atoms with Crippen LogP contribution in [0.3, 0.4) is 0 Å². The zero-order chi connectivity index (χ0) is 31.4. The van der Waals surface area contributed by atoms with E-state index in [0.717, 1.165) is 18.4 Å². The van der Waals surface area contributed by atoms with Crippen molar-refractivity contribution in [1.82, 2.24) is 4.90 Å². The van der Waals surface area contributed by atoms with E-state index < -0.39 is 5.92 Å². The second kappa shape index (κ2) is 25.4. The van der Waals surface area contributed by atoms with E-state index in [1.807, 2.05) is 30.3 Å². The molecule has 2 fully saturated rings. The summed E-state index contributed by atoms with van der Waals surface area (Å²) in [5.41, 5.74) is 2.17. The van der Waals surface area contributed by atoms with Crippen molar-refractivity contribution >= 4 is 18.4 Å². The van der Waals surface area contributed by atoms with Gasteiger partial charge in [0.2, 0.25) is 0 Å². The quantitative estimate of drug-likeness (QED) is 0.111. The van der Waals surface area contributed by atoms with Crippen molar-refractivity contribution in [3.8, 4) is 0 Å². The maximum Gasteiger partial charge on any atom is 0.316 e. The summed E-state index contributed by atoms with van der Waals surface area (Å²) in [7, 11) is 2.17. The summed E-state index contributed by atoms with van der Waals surface area (Å²) in [5.74, 6) is -0.860. The largest absolute Gasteiger partial charge is 1.00 e. The number of unbranched alkanes of at least 4 members (excludes halogenated alkanes) is 13. The van der Waals surface area contributed by atoms with Gasteiger partial charge in [0.15, 0.2) is 12.4 Å². The zero-order valence-corrected chi connectivity index (χ0v) is 30.7. The first-order valence-corrected chi connectivity index (χ1v) is 18.1. The molecule has 2 aliphatic rings. The summed E-state index contributed by atoms with van der Waals surface area (Å²) in [5, 5.41) is 9.53. The Kier molecular flexibility index (Phi) is 23.4. The lowest BCUT2D eigenvalue weighted by Gasteiger charge is -2.36. The molecular formula is C39H64Cl2N2O3. The van der Waals surface area contributed by atoms with Gasteiger partial charge in [-0.3, -0.25) is 4.79 Å². The van der Waals surface area contributed by atoms with E-state index in [2.05, 4.69) is 54.9 Å². The van der Waals surface area contributed by atoms with Gasteiger partial charge in [-0.25, -0.2) is 4.57 Å². The molecule has 2 saturated heterocycles. The van der Waals surface area contributed by atoms with Gasteiger partial charge in [0.05, 0.1) is 6.61 Å². The van der Waals surface area contributed by atoms with Crippen molar-refractivity contribution < 1.29 is 31.6 Å². The Labute approximate surface area is 293 Å². The van der Waals surface area contributed by atoms with Crippen LogP contribution in [-0.4, -0.2) is 47.8 Å². The Morgan fingerprint density at radius 2 is 1.30 bits per heavy atom. The summed E-state index contributed by atoms with van der Waals surface area (Å²) in [6.07, 6.45) is 28.7. The highest BCUT2D eigenvalue weighted by molar-refractivity contribution is 5.85. The number of benzene rings is 1. The van der Waals surface area contributed by atoms with Crippen molar-refractivity contribution in [1.29, 1.82) is 0 Å². The number of ether oxygens (including phenoxy) is 1. The van der Waals surface area contributed by atoms with E-state index in [4.69, 9.17) is 4.74 Å². The predicted molar refractivity (Wildman–Crippen MR) is 189 cm³/mol. The molecule has 1 N–H and O–H groups in total. The van der Waals surface area contributed by atoms with Gasteiger partial charge in [-0.1, -0.05) is 114 Å². The van der Waals surface area contributed by atoms with Crippen LogP contribution in [0.4, 0.5) is 0 Å². The Morgan fingerprint density at radius 1 is 0.826 bits per heavy atom. The van der Waals surface area contributed by atoms with Crippen LogP contribution in [0.15, 0.2) is 54.9 Å². The second-order valence-electron chi connectivity index (χ2n) is 13.4. The third-order valence-corrected chi connectivity index (χ3v) is 9.83. The molecule has 2 aliphatic heterocycles. The van der Waals surface area contributed by atoms with Gasteiger partial charge in [-0.05, 0) is 57.2 Å². The molecule has 0 spiro atoms. The summed E-state index contributed by atoms with van der Waals surface area (Å²) < 4.78 is 8.02. The second-order valence-corrected chi connectivity index (χ2v) is 13.4. The molecule has 2 bridgehead atoms. The Balaban J connectivity index is 0.000000442. The number of pyridine rings is 1. The molecule has 5 nitrogen and oxygen atoms in total. The number of rotatable bonds is 19. The van der Waals surface area contributed by atoms with Gasteiger partial charge in [-0.15, -0.1) is 12.4 Å². The summed E-state index contributed by atoms with van der Waals surface area (Å²) in [6, 6.07) is 14.9. The number of carbonyl (C=O) groups excluding carboxylic acids is 1. The predicted octanol–water partition coefficient (Wildman–Crippen LogP) is 6.12. The number of hydrogen-bond donors (Lipinski definition) is 1. The number of aliphatic hydroxyl groups excluding tert-OH is 1. The number of esters is 1. The maximum absolute atomic E-state index is 12.4. The molecule has 1 aromatic carbocycles. The lowest BCUT2D eigenvalue weighted by Crippen LogP contribution is -3.00. The van der Waals surface area contributed by atoms with E-state index >= 15 is 0 Å². The molecular weight excluding hydrogens is 615 g/mol. The van der Waals surface area contributed by atoms with Gasteiger partial charge in [0.1, 0.15) is 18.6 Å². The first-order chi connectivity index (χ1) is 21.5. The number of piperidine rings is 1. The molecule has 0 radical (unpaired) electrons. The Hall–Kier alpha value is -1.66. The molecule has 0 amide bonds. The molecule has 2 aromatic rings.